The fourth-order valence-corrected chi connectivity index (χ4v) is 4.58. The van der Waals surface area contributed by atoms with Crippen LogP contribution in [0.15, 0.2) is 50.6 Å². The van der Waals surface area contributed by atoms with Crippen LogP contribution in [-0.2, 0) is 23.8 Å². The van der Waals surface area contributed by atoms with Gasteiger partial charge in [-0.3, -0.25) is 0 Å². The maximum atomic E-state index is 12.8. The molecule has 1 atom stereocenters. The van der Waals surface area contributed by atoms with Crippen molar-refractivity contribution in [2.24, 2.45) is 0 Å². The lowest BCUT2D eigenvalue weighted by Crippen LogP contribution is -2.22. The Morgan fingerprint density at radius 3 is 2.87 bits per heavy atom. The number of fused-ring (bicyclic) bond motifs is 3. The largest absolute Gasteiger partial charge is 0.459 e. The molecular weight excluding hydrogens is 353 g/mol. The maximum Gasteiger partial charge on any atom is 0.135 e. The molecule has 0 spiro atoms. The molecule has 0 amide bonds. The molecule has 0 radical (unpaired) electrons. The molecule has 1 aliphatic rings. The van der Waals surface area contributed by atoms with Gasteiger partial charge in [-0.15, -0.1) is 0 Å². The molecule has 0 bridgehead atoms. The van der Waals surface area contributed by atoms with Crippen molar-refractivity contribution >= 4 is 45.0 Å². The van der Waals surface area contributed by atoms with Gasteiger partial charge in [-0.1, -0.05) is 23.2 Å². The van der Waals surface area contributed by atoms with E-state index in [0.29, 0.717) is 19.8 Å². The van der Waals surface area contributed by atoms with Gasteiger partial charge in [-0.2, -0.15) is 0 Å². The van der Waals surface area contributed by atoms with E-state index in [9.17, 15) is 4.21 Å². The molecule has 2 aromatic carbocycles. The molecule has 1 aliphatic heterocycles. The number of hydrogen-bond donors (Lipinski definition) is 1. The lowest BCUT2D eigenvalue weighted by molar-refractivity contribution is 0.488. The van der Waals surface area contributed by atoms with Crippen LogP contribution in [0.3, 0.4) is 0 Å². The van der Waals surface area contributed by atoms with E-state index in [1.54, 1.807) is 18.2 Å². The molecule has 4 rings (SSSR count). The van der Waals surface area contributed by atoms with E-state index in [0.717, 1.165) is 36.2 Å². The molecule has 0 saturated carbocycles. The average molecular weight is 366 g/mol. The van der Waals surface area contributed by atoms with Crippen LogP contribution in [0.4, 0.5) is 0 Å². The van der Waals surface area contributed by atoms with Gasteiger partial charge < -0.3 is 9.73 Å². The normalized spacial score (nSPS) is 15.6. The van der Waals surface area contributed by atoms with Crippen molar-refractivity contribution in [1.82, 2.24) is 5.32 Å². The first-order valence-corrected chi connectivity index (χ1v) is 9.16. The minimum absolute atomic E-state index is 0.441. The van der Waals surface area contributed by atoms with Gasteiger partial charge in [-0.05, 0) is 49.4 Å². The Balaban J connectivity index is 1.80. The third-order valence-corrected chi connectivity index (χ3v) is 6.09. The number of halogens is 2. The van der Waals surface area contributed by atoms with E-state index in [1.165, 1.54) is 5.56 Å². The van der Waals surface area contributed by atoms with Crippen LogP contribution in [0.25, 0.3) is 11.0 Å². The molecule has 2 heterocycles. The molecular formula is C17H13Cl2NO2S. The highest BCUT2D eigenvalue weighted by molar-refractivity contribution is 7.85. The topological polar surface area (TPSA) is 42.2 Å². The van der Waals surface area contributed by atoms with Gasteiger partial charge in [0.1, 0.15) is 11.3 Å². The predicted octanol–water partition coefficient (Wildman–Crippen LogP) is 4.55. The number of furan rings is 1. The first kappa shape index (κ1) is 15.2. The van der Waals surface area contributed by atoms with Gasteiger partial charge in [0.2, 0.25) is 0 Å². The van der Waals surface area contributed by atoms with Crippen molar-refractivity contribution in [3.05, 3.63) is 57.8 Å². The number of nitrogens with one attached hydrogen (secondary N) is 1. The van der Waals surface area contributed by atoms with E-state index in [2.05, 4.69) is 5.32 Å². The van der Waals surface area contributed by atoms with Gasteiger partial charge in [0.25, 0.3) is 0 Å². The highest BCUT2D eigenvalue weighted by Gasteiger charge is 2.19. The summed E-state index contributed by atoms with van der Waals surface area (Å²) in [7, 11) is -1.40. The predicted molar refractivity (Wildman–Crippen MR) is 92.8 cm³/mol. The van der Waals surface area contributed by atoms with Crippen LogP contribution in [0.5, 0.6) is 0 Å². The summed E-state index contributed by atoms with van der Waals surface area (Å²) in [6.45, 7) is 1.69. The van der Waals surface area contributed by atoms with Crippen molar-refractivity contribution < 1.29 is 8.63 Å². The zero-order valence-electron chi connectivity index (χ0n) is 12.1. The Labute approximate surface area is 146 Å². The summed E-state index contributed by atoms with van der Waals surface area (Å²) in [5, 5.41) is 5.34. The van der Waals surface area contributed by atoms with Crippen LogP contribution in [0.2, 0.25) is 10.0 Å². The Hall–Kier alpha value is -1.33. The van der Waals surface area contributed by atoms with Gasteiger partial charge in [0.15, 0.2) is 0 Å². The fourth-order valence-electron chi connectivity index (χ4n) is 2.87. The minimum atomic E-state index is -1.40. The van der Waals surface area contributed by atoms with E-state index >= 15 is 0 Å². The highest BCUT2D eigenvalue weighted by atomic mass is 35.5. The second-order valence-electron chi connectivity index (χ2n) is 5.43. The van der Waals surface area contributed by atoms with Crippen LogP contribution >= 0.6 is 23.2 Å². The first-order chi connectivity index (χ1) is 11.1. The van der Waals surface area contributed by atoms with Crippen molar-refractivity contribution in [3.8, 4) is 0 Å². The molecule has 0 aliphatic carbocycles. The van der Waals surface area contributed by atoms with Gasteiger partial charge in [0, 0.05) is 20.9 Å². The lowest BCUT2D eigenvalue weighted by Gasteiger charge is -2.10. The van der Waals surface area contributed by atoms with Crippen molar-refractivity contribution in [2.45, 2.75) is 22.8 Å². The van der Waals surface area contributed by atoms with Crippen molar-refractivity contribution in [2.75, 3.05) is 6.54 Å². The Bertz CT molecular complexity index is 936. The monoisotopic (exact) mass is 365 g/mol. The van der Waals surface area contributed by atoms with Crippen molar-refractivity contribution in [3.63, 3.8) is 0 Å². The van der Waals surface area contributed by atoms with Gasteiger partial charge in [0.05, 0.1) is 27.3 Å². The second kappa shape index (κ2) is 5.95. The van der Waals surface area contributed by atoms with Crippen LogP contribution < -0.4 is 5.32 Å². The van der Waals surface area contributed by atoms with E-state index in [4.69, 9.17) is 27.6 Å². The smallest absolute Gasteiger partial charge is 0.135 e. The molecule has 118 valence electrons. The fraction of sp³-hybridized carbons (Fsp3) is 0.176. The van der Waals surface area contributed by atoms with Crippen LogP contribution in [0, 0.1) is 0 Å². The second-order valence-corrected chi connectivity index (χ2v) is 7.72. The third-order valence-electron chi connectivity index (χ3n) is 3.99. The summed E-state index contributed by atoms with van der Waals surface area (Å²) in [4.78, 5) is 1.16. The van der Waals surface area contributed by atoms with E-state index in [1.807, 2.05) is 18.2 Å². The van der Waals surface area contributed by atoms with Gasteiger partial charge in [-0.25, -0.2) is 4.21 Å². The summed E-state index contributed by atoms with van der Waals surface area (Å²) in [5.41, 5.74) is 2.01. The first-order valence-electron chi connectivity index (χ1n) is 7.25. The molecule has 0 saturated heterocycles. The minimum Gasteiger partial charge on any atom is -0.459 e. The third kappa shape index (κ3) is 2.70. The zero-order chi connectivity index (χ0) is 16.0. The van der Waals surface area contributed by atoms with Crippen LogP contribution in [0.1, 0.15) is 11.3 Å². The van der Waals surface area contributed by atoms with Gasteiger partial charge >= 0.3 is 0 Å². The molecule has 3 aromatic rings. The highest BCUT2D eigenvalue weighted by Crippen LogP contribution is 2.32. The maximum absolute atomic E-state index is 12.8. The Morgan fingerprint density at radius 1 is 1.13 bits per heavy atom. The van der Waals surface area contributed by atoms with E-state index in [-0.39, 0.29) is 0 Å². The number of rotatable bonds is 2. The lowest BCUT2D eigenvalue weighted by atomic mass is 10.1. The summed E-state index contributed by atoms with van der Waals surface area (Å²) < 4.78 is 18.7. The summed E-state index contributed by atoms with van der Waals surface area (Å²) in [6, 6.07) is 10.7. The molecule has 1 aromatic heterocycles. The Kier molecular flexibility index (Phi) is 3.93. The number of hydrogen-bond acceptors (Lipinski definition) is 3. The quantitative estimate of drug-likeness (QED) is 0.724. The van der Waals surface area contributed by atoms with E-state index < -0.39 is 10.8 Å². The summed E-state index contributed by atoms with van der Waals surface area (Å²) >= 11 is 12.2. The summed E-state index contributed by atoms with van der Waals surface area (Å²) in [5.74, 6) is 0.968. The number of benzene rings is 2. The summed E-state index contributed by atoms with van der Waals surface area (Å²) in [6.07, 6.45) is 0.949. The molecule has 3 nitrogen and oxygen atoms in total. The Morgan fingerprint density at radius 2 is 2.00 bits per heavy atom. The molecule has 23 heavy (non-hydrogen) atoms. The van der Waals surface area contributed by atoms with Crippen LogP contribution in [-0.4, -0.2) is 10.8 Å². The molecule has 6 heteroatoms. The van der Waals surface area contributed by atoms with Crippen molar-refractivity contribution in [1.29, 1.82) is 0 Å². The zero-order valence-corrected chi connectivity index (χ0v) is 14.4. The molecule has 1 unspecified atom stereocenters. The SMILES string of the molecule is O=S(c1ccc2c3c(oc2c1)CNCC3)c1cc(Cl)ccc1Cl. The molecule has 1 N–H and O–H groups in total. The molecule has 0 fully saturated rings. The average Bonchev–Trinajstić information content (AvgIpc) is 2.94. The standard InChI is InChI=1S/C17H13Cl2NO2S/c18-10-1-4-14(19)17(7-10)23(21)11-2-3-12-13-5-6-20-9-16(13)22-15(12)8-11/h1-4,7-8,20H,5-6,9H2.